The van der Waals surface area contributed by atoms with Gasteiger partial charge in [0.25, 0.3) is 5.91 Å². The van der Waals surface area contributed by atoms with Gasteiger partial charge in [0, 0.05) is 24.6 Å². The van der Waals surface area contributed by atoms with Crippen LogP contribution in [0.15, 0.2) is 54.9 Å². The zero-order chi connectivity index (χ0) is 23.4. The Morgan fingerprint density at radius 2 is 1.85 bits per heavy atom. The number of H-pyrrole nitrogens is 1. The van der Waals surface area contributed by atoms with Crippen molar-refractivity contribution in [1.82, 2.24) is 20.0 Å². The quantitative estimate of drug-likeness (QED) is 0.265. The molecule has 4 aromatic rings. The first-order valence-electron chi connectivity index (χ1n) is 10.8. The highest BCUT2D eigenvalue weighted by molar-refractivity contribution is 6.03. The Hall–Kier alpha value is -4.27. The zero-order valence-corrected chi connectivity index (χ0v) is 18.6. The third-order valence-corrected chi connectivity index (χ3v) is 5.47. The summed E-state index contributed by atoms with van der Waals surface area (Å²) >= 11 is 0. The van der Waals surface area contributed by atoms with Crippen molar-refractivity contribution >= 4 is 23.2 Å². The number of nitrogens with zero attached hydrogens (tertiary/aromatic N) is 3. The van der Waals surface area contributed by atoms with Gasteiger partial charge in [-0.2, -0.15) is 10.2 Å². The van der Waals surface area contributed by atoms with Crippen molar-refractivity contribution in [3.05, 3.63) is 77.1 Å². The molecule has 0 bridgehead atoms. The van der Waals surface area contributed by atoms with E-state index in [4.69, 9.17) is 5.73 Å². The number of phenols is 1. The van der Waals surface area contributed by atoms with Gasteiger partial charge in [-0.15, -0.1) is 0 Å². The summed E-state index contributed by atoms with van der Waals surface area (Å²) in [6.45, 7) is 4.44. The second kappa shape index (κ2) is 9.47. The summed E-state index contributed by atoms with van der Waals surface area (Å²) in [6.07, 6.45) is 5.04. The van der Waals surface area contributed by atoms with Crippen molar-refractivity contribution in [2.75, 3.05) is 10.6 Å². The molecule has 0 saturated carbocycles. The molecule has 0 atom stereocenters. The molecule has 6 N–H and O–H groups in total. The molecule has 1 amide bonds. The van der Waals surface area contributed by atoms with Gasteiger partial charge in [-0.3, -0.25) is 9.89 Å². The number of phenolic OH excluding ortho intramolecular Hbond substituents is 1. The highest BCUT2D eigenvalue weighted by Crippen LogP contribution is 2.28. The molecule has 0 fully saturated rings. The molecule has 2 heterocycles. The number of primary amides is 1. The van der Waals surface area contributed by atoms with Gasteiger partial charge in [-0.25, -0.2) is 4.68 Å². The molecule has 9 heteroatoms. The molecule has 0 aliphatic rings. The van der Waals surface area contributed by atoms with Crippen LogP contribution < -0.4 is 16.4 Å². The number of rotatable bonds is 9. The number of carbonyl (C=O) groups excluding carboxylic acids is 1. The van der Waals surface area contributed by atoms with Gasteiger partial charge in [0.1, 0.15) is 17.1 Å². The van der Waals surface area contributed by atoms with Gasteiger partial charge >= 0.3 is 0 Å². The number of aromatic nitrogens is 4. The van der Waals surface area contributed by atoms with Crippen LogP contribution in [0.4, 0.5) is 17.3 Å². The van der Waals surface area contributed by atoms with Crippen LogP contribution in [0.2, 0.25) is 0 Å². The van der Waals surface area contributed by atoms with E-state index < -0.39 is 5.91 Å². The lowest BCUT2D eigenvalue weighted by atomic mass is 10.0. The van der Waals surface area contributed by atoms with Crippen molar-refractivity contribution in [2.45, 2.75) is 33.2 Å². The maximum absolute atomic E-state index is 12.2. The van der Waals surface area contributed by atoms with E-state index in [0.717, 1.165) is 40.9 Å². The second-order valence-corrected chi connectivity index (χ2v) is 7.63. The van der Waals surface area contributed by atoms with E-state index in [1.807, 2.05) is 62.5 Å². The highest BCUT2D eigenvalue weighted by atomic mass is 16.3. The normalized spacial score (nSPS) is 10.8. The number of aromatic amines is 1. The first kappa shape index (κ1) is 21.9. The summed E-state index contributed by atoms with van der Waals surface area (Å²) in [5.74, 6) is 0.524. The lowest BCUT2D eigenvalue weighted by molar-refractivity contribution is 0.100. The second-order valence-electron chi connectivity index (χ2n) is 7.63. The predicted molar refractivity (Wildman–Crippen MR) is 128 cm³/mol. The Balaban J connectivity index is 1.52. The molecule has 2 aromatic heterocycles. The number of benzene rings is 2. The average molecular weight is 446 g/mol. The monoisotopic (exact) mass is 445 g/mol. The first-order valence-corrected chi connectivity index (χ1v) is 10.8. The van der Waals surface area contributed by atoms with Crippen molar-refractivity contribution < 1.29 is 9.90 Å². The Morgan fingerprint density at radius 1 is 1.15 bits per heavy atom. The molecule has 0 aliphatic heterocycles. The van der Waals surface area contributed by atoms with Crippen molar-refractivity contribution in [1.29, 1.82) is 0 Å². The van der Waals surface area contributed by atoms with Crippen LogP contribution in [0, 0.1) is 0 Å². The molecule has 0 radical (unpaired) electrons. The summed E-state index contributed by atoms with van der Waals surface area (Å²) in [5, 5.41) is 28.0. The van der Waals surface area contributed by atoms with Gasteiger partial charge in [-0.05, 0) is 59.9 Å². The number of hydrogen-bond acceptors (Lipinski definition) is 6. The Kier molecular flexibility index (Phi) is 6.30. The third-order valence-electron chi connectivity index (χ3n) is 5.47. The summed E-state index contributed by atoms with van der Waals surface area (Å²) in [4.78, 5) is 12.2. The number of anilines is 3. The van der Waals surface area contributed by atoms with Gasteiger partial charge in [0.2, 0.25) is 0 Å². The largest absolute Gasteiger partial charge is 0.507 e. The standard InChI is InChI=1S/C24H27N7O2/c1-3-16-12-15(13-17(4-2)21(16)32)14-26-23-20(22(25)33)24(30-29-23)28-18-6-8-19(9-7-18)31-11-5-10-27-31/h5-13,32H,3-4,14H2,1-2H3,(H2,25,33)(H3,26,28,29,30). The van der Waals surface area contributed by atoms with Gasteiger partial charge in [-0.1, -0.05) is 26.0 Å². The van der Waals surface area contributed by atoms with Crippen LogP contribution in [0.5, 0.6) is 5.75 Å². The molecule has 33 heavy (non-hydrogen) atoms. The molecular formula is C24H27N7O2. The maximum atomic E-state index is 12.2. The third kappa shape index (κ3) is 4.67. The number of carbonyl (C=O) groups is 1. The molecule has 0 saturated heterocycles. The minimum Gasteiger partial charge on any atom is -0.507 e. The number of nitrogens with one attached hydrogen (secondary N) is 3. The zero-order valence-electron chi connectivity index (χ0n) is 18.6. The summed E-state index contributed by atoms with van der Waals surface area (Å²) in [6, 6.07) is 13.4. The molecular weight excluding hydrogens is 418 g/mol. The Bertz CT molecular complexity index is 1220. The topological polar surface area (TPSA) is 134 Å². The molecule has 0 spiro atoms. The number of amides is 1. The predicted octanol–water partition coefficient (Wildman–Crippen LogP) is 3.88. The molecule has 0 unspecified atom stereocenters. The van der Waals surface area contributed by atoms with E-state index in [1.54, 1.807) is 10.9 Å². The minimum atomic E-state index is -0.601. The lowest BCUT2D eigenvalue weighted by Crippen LogP contribution is -2.15. The number of aromatic hydroxyl groups is 1. The molecule has 9 nitrogen and oxygen atoms in total. The van der Waals surface area contributed by atoms with Gasteiger partial charge in [0.05, 0.1) is 5.69 Å². The number of nitrogens with two attached hydrogens (primary N) is 1. The van der Waals surface area contributed by atoms with Crippen LogP contribution in [-0.4, -0.2) is 31.0 Å². The van der Waals surface area contributed by atoms with Crippen LogP contribution in [0.25, 0.3) is 5.69 Å². The van der Waals surface area contributed by atoms with Crippen LogP contribution in [0.1, 0.15) is 40.9 Å². The molecule has 170 valence electrons. The maximum Gasteiger partial charge on any atom is 0.256 e. The smallest absolute Gasteiger partial charge is 0.256 e. The first-order chi connectivity index (χ1) is 16.0. The fourth-order valence-electron chi connectivity index (χ4n) is 3.72. The SMILES string of the molecule is CCc1cc(CNc2n[nH]c(Nc3ccc(-n4cccn4)cc3)c2C(N)=O)cc(CC)c1O. The van der Waals surface area contributed by atoms with E-state index in [-0.39, 0.29) is 5.56 Å². The molecule has 0 aliphatic carbocycles. The van der Waals surface area contributed by atoms with Crippen molar-refractivity contribution in [3.8, 4) is 11.4 Å². The fourth-order valence-corrected chi connectivity index (χ4v) is 3.72. The molecule has 2 aromatic carbocycles. The highest BCUT2D eigenvalue weighted by Gasteiger charge is 2.19. The van der Waals surface area contributed by atoms with Crippen molar-refractivity contribution in [2.24, 2.45) is 5.73 Å². The summed E-state index contributed by atoms with van der Waals surface area (Å²) in [5.41, 5.74) is 10.4. The van der Waals surface area contributed by atoms with Gasteiger partial charge < -0.3 is 21.5 Å². The summed E-state index contributed by atoms with van der Waals surface area (Å²) in [7, 11) is 0. The van der Waals surface area contributed by atoms with E-state index in [9.17, 15) is 9.90 Å². The van der Waals surface area contributed by atoms with Gasteiger partial charge in [0.15, 0.2) is 5.82 Å². The summed E-state index contributed by atoms with van der Waals surface area (Å²) < 4.78 is 1.76. The average Bonchev–Trinajstić information content (AvgIpc) is 3.49. The van der Waals surface area contributed by atoms with Crippen LogP contribution in [0.3, 0.4) is 0 Å². The lowest BCUT2D eigenvalue weighted by Gasteiger charge is -2.12. The number of hydrogen-bond donors (Lipinski definition) is 5. The fraction of sp³-hybridized carbons (Fsp3) is 0.208. The minimum absolute atomic E-state index is 0.247. The molecule has 4 rings (SSSR count). The van der Waals surface area contributed by atoms with Crippen LogP contribution >= 0.6 is 0 Å². The number of aryl methyl sites for hydroxylation is 2. The van der Waals surface area contributed by atoms with Crippen molar-refractivity contribution in [3.63, 3.8) is 0 Å². The van der Waals surface area contributed by atoms with E-state index >= 15 is 0 Å². The Morgan fingerprint density at radius 3 is 2.42 bits per heavy atom. The van der Waals surface area contributed by atoms with E-state index in [2.05, 4.69) is 25.9 Å². The van der Waals surface area contributed by atoms with E-state index in [1.165, 1.54) is 0 Å². The van der Waals surface area contributed by atoms with E-state index in [0.29, 0.717) is 23.9 Å². The van der Waals surface area contributed by atoms with Crippen LogP contribution in [-0.2, 0) is 19.4 Å². The Labute approximate surface area is 191 Å².